The maximum atomic E-state index is 11.3. The van der Waals surface area contributed by atoms with E-state index < -0.39 is 5.54 Å². The molecule has 1 saturated heterocycles. The van der Waals surface area contributed by atoms with Gasteiger partial charge in [0.25, 0.3) is 0 Å². The molecule has 3 heterocycles. The first-order chi connectivity index (χ1) is 12.9. The number of nitrogens with zero attached hydrogens (tertiary/aromatic N) is 6. The lowest BCUT2D eigenvalue weighted by molar-refractivity contribution is -0.137. The van der Waals surface area contributed by atoms with Crippen molar-refractivity contribution in [3.8, 4) is 5.88 Å². The molecule has 9 heteroatoms. The Morgan fingerprint density at radius 1 is 1.44 bits per heavy atom. The largest absolute Gasteiger partial charge is 0.470 e. The van der Waals surface area contributed by atoms with Gasteiger partial charge in [0.1, 0.15) is 11.3 Å². The molecule has 1 atom stereocenters. The fourth-order valence-corrected chi connectivity index (χ4v) is 3.52. The predicted octanol–water partition coefficient (Wildman–Crippen LogP) is 4.22. The molecule has 0 N–H and O–H groups in total. The van der Waals surface area contributed by atoms with E-state index in [-0.39, 0.29) is 12.0 Å². The zero-order valence-electron chi connectivity index (χ0n) is 15.5. The van der Waals surface area contributed by atoms with Gasteiger partial charge in [0.15, 0.2) is 0 Å². The summed E-state index contributed by atoms with van der Waals surface area (Å²) in [6.07, 6.45) is 4.71. The van der Waals surface area contributed by atoms with Crippen LogP contribution in [-0.2, 0) is 10.3 Å². The molecular weight excluding hydrogens is 368 g/mol. The average molecular weight is 389 g/mol. The van der Waals surface area contributed by atoms with Gasteiger partial charge < -0.3 is 9.64 Å². The summed E-state index contributed by atoms with van der Waals surface area (Å²) < 4.78 is 5.98. The van der Waals surface area contributed by atoms with Crippen molar-refractivity contribution in [2.24, 2.45) is 5.11 Å². The molecule has 0 spiro atoms. The minimum Gasteiger partial charge on any atom is -0.470 e. The van der Waals surface area contributed by atoms with Crippen LogP contribution in [0.3, 0.4) is 0 Å². The first kappa shape index (κ1) is 19.2. The van der Waals surface area contributed by atoms with Crippen LogP contribution in [0.2, 0.25) is 5.15 Å². The number of pyridine rings is 2. The molecule has 8 nitrogen and oxygen atoms in total. The van der Waals surface area contributed by atoms with E-state index >= 15 is 0 Å². The molecule has 0 radical (unpaired) electrons. The highest BCUT2D eigenvalue weighted by Gasteiger charge is 2.32. The smallest absolute Gasteiger partial charge is 0.223 e. The van der Waals surface area contributed by atoms with Crippen LogP contribution in [0.5, 0.6) is 5.88 Å². The van der Waals surface area contributed by atoms with Crippen LogP contribution in [0.15, 0.2) is 23.6 Å². The Morgan fingerprint density at radius 3 is 2.81 bits per heavy atom. The molecule has 1 fully saturated rings. The van der Waals surface area contributed by atoms with Crippen LogP contribution < -0.4 is 4.74 Å². The highest BCUT2D eigenvalue weighted by Crippen LogP contribution is 2.38. The standard InChI is InChI=1S/C18H21ClN6O2/c1-4-5-18(3,23-24-20)15-8-22-17(14-7-21-16(19)6-13(14)15)27-12-9-25(10-12)11(2)26/h6-8,12H,4-5,9-10H2,1-3H3. The second-order valence-corrected chi connectivity index (χ2v) is 7.29. The second kappa shape index (κ2) is 7.58. The van der Waals surface area contributed by atoms with Crippen LogP contribution in [0.1, 0.15) is 39.2 Å². The van der Waals surface area contributed by atoms with Crippen LogP contribution in [0.4, 0.5) is 0 Å². The Balaban J connectivity index is 2.02. The SMILES string of the molecule is CCCC(C)(N=[N+]=[N-])c1cnc(OC2CN(C(C)=O)C2)c2cnc(Cl)cc12. The molecule has 0 aliphatic carbocycles. The molecule has 27 heavy (non-hydrogen) atoms. The van der Waals surface area contributed by atoms with Crippen molar-refractivity contribution in [2.45, 2.75) is 45.3 Å². The number of aromatic nitrogens is 2. The number of fused-ring (bicyclic) bond motifs is 1. The maximum absolute atomic E-state index is 11.3. The fraction of sp³-hybridized carbons (Fsp3) is 0.500. The number of carbonyl (C=O) groups excluding carboxylic acids is 1. The molecule has 0 bridgehead atoms. The lowest BCUT2D eigenvalue weighted by Gasteiger charge is -2.38. The van der Waals surface area contributed by atoms with Crippen LogP contribution >= 0.6 is 11.6 Å². The summed E-state index contributed by atoms with van der Waals surface area (Å²) in [4.78, 5) is 24.7. The minimum atomic E-state index is -0.750. The molecule has 142 valence electrons. The number of ether oxygens (including phenoxy) is 1. The predicted molar refractivity (Wildman–Crippen MR) is 103 cm³/mol. The highest BCUT2D eigenvalue weighted by molar-refractivity contribution is 6.30. The Hall–Kier alpha value is -2.57. The Kier molecular flexibility index (Phi) is 5.39. The molecule has 0 saturated carbocycles. The summed E-state index contributed by atoms with van der Waals surface area (Å²) in [6, 6.07) is 1.74. The van der Waals surface area contributed by atoms with E-state index in [1.54, 1.807) is 23.4 Å². The number of halogens is 1. The number of carbonyl (C=O) groups is 1. The van der Waals surface area contributed by atoms with Gasteiger partial charge in [0, 0.05) is 24.2 Å². The van der Waals surface area contributed by atoms with E-state index in [4.69, 9.17) is 21.9 Å². The maximum Gasteiger partial charge on any atom is 0.223 e. The van der Waals surface area contributed by atoms with Crippen molar-refractivity contribution in [1.82, 2.24) is 14.9 Å². The van der Waals surface area contributed by atoms with Crippen LogP contribution in [0, 0.1) is 0 Å². The summed E-state index contributed by atoms with van der Waals surface area (Å²) in [5.41, 5.74) is 9.08. The summed E-state index contributed by atoms with van der Waals surface area (Å²) in [5.74, 6) is 0.465. The van der Waals surface area contributed by atoms with E-state index in [0.29, 0.717) is 35.9 Å². The van der Waals surface area contributed by atoms with E-state index in [1.807, 2.05) is 13.8 Å². The highest BCUT2D eigenvalue weighted by atomic mass is 35.5. The van der Waals surface area contributed by atoms with E-state index in [2.05, 4.69) is 20.0 Å². The fourth-order valence-electron chi connectivity index (χ4n) is 3.36. The van der Waals surface area contributed by atoms with Crippen molar-refractivity contribution in [2.75, 3.05) is 13.1 Å². The summed E-state index contributed by atoms with van der Waals surface area (Å²) in [6.45, 7) is 6.53. The summed E-state index contributed by atoms with van der Waals surface area (Å²) >= 11 is 6.13. The molecule has 3 rings (SSSR count). The van der Waals surface area contributed by atoms with Gasteiger partial charge in [-0.05, 0) is 35.9 Å². The lowest BCUT2D eigenvalue weighted by Crippen LogP contribution is -2.55. The van der Waals surface area contributed by atoms with Gasteiger partial charge in [-0.25, -0.2) is 9.97 Å². The monoisotopic (exact) mass is 388 g/mol. The third kappa shape index (κ3) is 3.77. The van der Waals surface area contributed by atoms with Crippen LogP contribution in [-0.4, -0.2) is 40.0 Å². The zero-order valence-corrected chi connectivity index (χ0v) is 16.3. The summed E-state index contributed by atoms with van der Waals surface area (Å²) in [7, 11) is 0. The van der Waals surface area contributed by atoms with Gasteiger partial charge in [-0.1, -0.05) is 30.1 Å². The van der Waals surface area contributed by atoms with E-state index in [0.717, 1.165) is 17.4 Å². The average Bonchev–Trinajstić information content (AvgIpc) is 2.57. The third-order valence-electron chi connectivity index (χ3n) is 4.86. The molecule has 1 unspecified atom stereocenters. The molecule has 1 aliphatic rings. The number of hydrogen-bond donors (Lipinski definition) is 0. The molecule has 1 amide bonds. The molecular formula is C18H21ClN6O2. The number of amides is 1. The van der Waals surface area contributed by atoms with Crippen molar-refractivity contribution < 1.29 is 9.53 Å². The Bertz CT molecular complexity index is 923. The normalized spacial score (nSPS) is 16.4. The van der Waals surface area contributed by atoms with Gasteiger partial charge in [0.05, 0.1) is 24.0 Å². The van der Waals surface area contributed by atoms with Gasteiger partial charge in [0.2, 0.25) is 11.8 Å². The Labute approximate surface area is 162 Å². The topological polar surface area (TPSA) is 104 Å². The number of azide groups is 1. The number of hydrogen-bond acceptors (Lipinski definition) is 5. The molecule has 2 aromatic heterocycles. The quantitative estimate of drug-likeness (QED) is 0.319. The Morgan fingerprint density at radius 2 is 2.19 bits per heavy atom. The van der Waals surface area contributed by atoms with Crippen molar-refractivity contribution >= 4 is 28.3 Å². The molecule has 0 aromatic carbocycles. The van der Waals surface area contributed by atoms with Gasteiger partial charge in [-0.15, -0.1) is 0 Å². The molecule has 2 aromatic rings. The third-order valence-corrected chi connectivity index (χ3v) is 5.06. The first-order valence-electron chi connectivity index (χ1n) is 8.81. The van der Waals surface area contributed by atoms with E-state index in [1.165, 1.54) is 6.92 Å². The lowest BCUT2D eigenvalue weighted by atomic mass is 9.87. The van der Waals surface area contributed by atoms with E-state index in [9.17, 15) is 4.79 Å². The van der Waals surface area contributed by atoms with Crippen molar-refractivity contribution in [3.63, 3.8) is 0 Å². The zero-order chi connectivity index (χ0) is 19.6. The van der Waals surface area contributed by atoms with Crippen molar-refractivity contribution in [1.29, 1.82) is 0 Å². The van der Waals surface area contributed by atoms with Crippen molar-refractivity contribution in [3.05, 3.63) is 39.6 Å². The first-order valence-corrected chi connectivity index (χ1v) is 9.19. The minimum absolute atomic E-state index is 0.0289. The second-order valence-electron chi connectivity index (χ2n) is 6.91. The van der Waals surface area contributed by atoms with Gasteiger partial charge >= 0.3 is 0 Å². The molecule has 1 aliphatic heterocycles. The number of likely N-dealkylation sites (tertiary alicyclic amines) is 1. The number of rotatable bonds is 6. The summed E-state index contributed by atoms with van der Waals surface area (Å²) in [5, 5.41) is 5.87. The van der Waals surface area contributed by atoms with Crippen LogP contribution in [0.25, 0.3) is 21.2 Å². The van der Waals surface area contributed by atoms with Gasteiger partial charge in [-0.3, -0.25) is 4.79 Å². The van der Waals surface area contributed by atoms with Gasteiger partial charge in [-0.2, -0.15) is 0 Å².